The lowest BCUT2D eigenvalue weighted by Crippen LogP contribution is -2.50. The Morgan fingerprint density at radius 2 is 2.19 bits per heavy atom. The van der Waals surface area contributed by atoms with Gasteiger partial charge in [0.15, 0.2) is 0 Å². The molecule has 1 aromatic carbocycles. The second-order valence-corrected chi connectivity index (χ2v) is 6.05. The molecule has 0 spiro atoms. The highest BCUT2D eigenvalue weighted by molar-refractivity contribution is 9.10. The van der Waals surface area contributed by atoms with Crippen molar-refractivity contribution >= 4 is 27.8 Å². The van der Waals surface area contributed by atoms with Gasteiger partial charge in [0.1, 0.15) is 11.9 Å². The molecule has 2 rings (SSSR count). The first-order chi connectivity index (χ1) is 9.95. The number of aliphatic carboxylic acids is 1. The highest BCUT2D eigenvalue weighted by atomic mass is 79.9. The number of benzene rings is 1. The molecule has 0 saturated carbocycles. The molecule has 1 saturated heterocycles. The normalized spacial score (nSPS) is 22.1. The molecule has 1 fully saturated rings. The van der Waals surface area contributed by atoms with E-state index in [2.05, 4.69) is 15.9 Å². The van der Waals surface area contributed by atoms with Crippen LogP contribution in [0, 0.1) is 11.7 Å². The summed E-state index contributed by atoms with van der Waals surface area (Å²) in [7, 11) is 0. The first-order valence-electron chi connectivity index (χ1n) is 6.93. The van der Waals surface area contributed by atoms with Gasteiger partial charge < -0.3 is 10.0 Å². The second kappa shape index (κ2) is 6.56. The van der Waals surface area contributed by atoms with E-state index in [-0.39, 0.29) is 10.0 Å². The van der Waals surface area contributed by atoms with Gasteiger partial charge in [-0.3, -0.25) is 4.79 Å². The summed E-state index contributed by atoms with van der Waals surface area (Å²) < 4.78 is 13.6. The minimum atomic E-state index is -1.01. The Kier molecular flexibility index (Phi) is 4.98. The molecular formula is C15H17BrFNO3. The van der Waals surface area contributed by atoms with E-state index < -0.39 is 23.7 Å². The molecule has 1 aromatic rings. The monoisotopic (exact) mass is 357 g/mol. The number of carboxylic acid groups (broad SMARTS) is 1. The summed E-state index contributed by atoms with van der Waals surface area (Å²) in [5.74, 6) is -1.67. The van der Waals surface area contributed by atoms with Crippen molar-refractivity contribution < 1.29 is 19.1 Å². The van der Waals surface area contributed by atoms with E-state index in [1.807, 2.05) is 6.92 Å². The minimum absolute atomic E-state index is 0.0803. The van der Waals surface area contributed by atoms with Gasteiger partial charge in [0.2, 0.25) is 0 Å². The number of carboxylic acids is 1. The van der Waals surface area contributed by atoms with Gasteiger partial charge >= 0.3 is 5.97 Å². The Bertz CT molecular complexity index is 564. The number of hydrogen-bond donors (Lipinski definition) is 1. The third-order valence-corrected chi connectivity index (χ3v) is 4.82. The van der Waals surface area contributed by atoms with Crippen molar-refractivity contribution in [2.45, 2.75) is 32.2 Å². The largest absolute Gasteiger partial charge is 0.480 e. The van der Waals surface area contributed by atoms with Crippen LogP contribution in [0.5, 0.6) is 0 Å². The third kappa shape index (κ3) is 3.26. The third-order valence-electron chi connectivity index (χ3n) is 4.02. The molecule has 1 N–H and O–H groups in total. The van der Waals surface area contributed by atoms with Crippen molar-refractivity contribution in [3.8, 4) is 0 Å². The summed E-state index contributed by atoms with van der Waals surface area (Å²) in [6.07, 6.45) is 2.12. The number of hydrogen-bond acceptors (Lipinski definition) is 2. The average molecular weight is 358 g/mol. The number of halogens is 2. The van der Waals surface area contributed by atoms with E-state index in [0.717, 1.165) is 12.8 Å². The maximum absolute atomic E-state index is 13.5. The highest BCUT2D eigenvalue weighted by Gasteiger charge is 2.36. The Balaban J connectivity index is 2.28. The lowest BCUT2D eigenvalue weighted by Gasteiger charge is -2.37. The van der Waals surface area contributed by atoms with Crippen LogP contribution in [0.25, 0.3) is 0 Å². The van der Waals surface area contributed by atoms with Gasteiger partial charge in [0.25, 0.3) is 5.91 Å². The van der Waals surface area contributed by atoms with Crippen molar-refractivity contribution in [3.05, 3.63) is 34.1 Å². The first kappa shape index (κ1) is 15.9. The van der Waals surface area contributed by atoms with Crippen LogP contribution in [-0.4, -0.2) is 34.5 Å². The maximum Gasteiger partial charge on any atom is 0.326 e. The van der Waals surface area contributed by atoms with E-state index in [9.17, 15) is 19.1 Å². The average Bonchev–Trinajstić information content (AvgIpc) is 2.48. The van der Waals surface area contributed by atoms with Crippen LogP contribution >= 0.6 is 15.9 Å². The van der Waals surface area contributed by atoms with Gasteiger partial charge in [-0.15, -0.1) is 0 Å². The van der Waals surface area contributed by atoms with Gasteiger partial charge in [0.05, 0.1) is 10.0 Å². The number of rotatable bonds is 3. The maximum atomic E-state index is 13.5. The summed E-state index contributed by atoms with van der Waals surface area (Å²) in [4.78, 5) is 25.3. The zero-order valence-corrected chi connectivity index (χ0v) is 13.3. The molecule has 1 heterocycles. The Morgan fingerprint density at radius 3 is 2.81 bits per heavy atom. The molecule has 21 heavy (non-hydrogen) atoms. The number of likely N-dealkylation sites (tertiary alicyclic amines) is 1. The van der Waals surface area contributed by atoms with Gasteiger partial charge in [-0.05, 0) is 46.8 Å². The lowest BCUT2D eigenvalue weighted by atomic mass is 9.88. The van der Waals surface area contributed by atoms with E-state index in [1.54, 1.807) is 0 Å². The van der Waals surface area contributed by atoms with Gasteiger partial charge in [-0.25, -0.2) is 9.18 Å². The molecule has 1 aliphatic rings. The van der Waals surface area contributed by atoms with Crippen LogP contribution in [-0.2, 0) is 4.79 Å². The topological polar surface area (TPSA) is 57.6 Å². The number of nitrogens with zero attached hydrogens (tertiary/aromatic N) is 1. The molecule has 0 radical (unpaired) electrons. The number of piperidine rings is 1. The van der Waals surface area contributed by atoms with Crippen molar-refractivity contribution in [2.75, 3.05) is 6.54 Å². The highest BCUT2D eigenvalue weighted by Crippen LogP contribution is 2.29. The molecule has 1 amide bonds. The molecule has 4 nitrogen and oxygen atoms in total. The van der Waals surface area contributed by atoms with Crippen molar-refractivity contribution in [3.63, 3.8) is 0 Å². The lowest BCUT2D eigenvalue weighted by molar-refractivity contribution is -0.144. The molecule has 6 heteroatoms. The van der Waals surface area contributed by atoms with E-state index >= 15 is 0 Å². The van der Waals surface area contributed by atoms with Crippen molar-refractivity contribution in [2.24, 2.45) is 5.92 Å². The molecule has 0 aromatic heterocycles. The molecular weight excluding hydrogens is 341 g/mol. The van der Waals surface area contributed by atoms with E-state index in [0.29, 0.717) is 18.9 Å². The number of amides is 1. The fourth-order valence-corrected chi connectivity index (χ4v) is 3.14. The summed E-state index contributed by atoms with van der Waals surface area (Å²) in [6, 6.07) is 3.35. The Hall–Kier alpha value is -1.43. The molecule has 2 unspecified atom stereocenters. The van der Waals surface area contributed by atoms with Gasteiger partial charge in [-0.2, -0.15) is 0 Å². The fourth-order valence-electron chi connectivity index (χ4n) is 2.71. The zero-order valence-electron chi connectivity index (χ0n) is 11.7. The number of carbonyl (C=O) groups is 2. The van der Waals surface area contributed by atoms with Crippen LogP contribution in [0.2, 0.25) is 0 Å². The summed E-state index contributed by atoms with van der Waals surface area (Å²) >= 11 is 3.06. The smallest absolute Gasteiger partial charge is 0.326 e. The van der Waals surface area contributed by atoms with Crippen LogP contribution in [0.15, 0.2) is 22.7 Å². The van der Waals surface area contributed by atoms with Gasteiger partial charge in [-0.1, -0.05) is 19.4 Å². The molecule has 2 atom stereocenters. The Morgan fingerprint density at radius 1 is 1.48 bits per heavy atom. The summed E-state index contributed by atoms with van der Waals surface area (Å²) in [5, 5.41) is 9.36. The fraction of sp³-hybridized carbons (Fsp3) is 0.467. The predicted molar refractivity (Wildman–Crippen MR) is 79.6 cm³/mol. The number of carbonyl (C=O) groups excluding carboxylic acids is 1. The molecule has 1 aliphatic heterocycles. The second-order valence-electron chi connectivity index (χ2n) is 5.25. The first-order valence-corrected chi connectivity index (χ1v) is 7.72. The van der Waals surface area contributed by atoms with Crippen LogP contribution < -0.4 is 0 Å². The van der Waals surface area contributed by atoms with Crippen LogP contribution in [0.1, 0.15) is 36.5 Å². The van der Waals surface area contributed by atoms with E-state index in [1.165, 1.54) is 23.1 Å². The molecule has 114 valence electrons. The summed E-state index contributed by atoms with van der Waals surface area (Å²) in [6.45, 7) is 2.40. The van der Waals surface area contributed by atoms with Crippen LogP contribution in [0.4, 0.5) is 4.39 Å². The molecule has 0 bridgehead atoms. The summed E-state index contributed by atoms with van der Waals surface area (Å²) in [5.41, 5.74) is 0.163. The van der Waals surface area contributed by atoms with Gasteiger partial charge in [0, 0.05) is 6.54 Å². The van der Waals surface area contributed by atoms with E-state index in [4.69, 9.17) is 0 Å². The van der Waals surface area contributed by atoms with Crippen molar-refractivity contribution in [1.29, 1.82) is 0 Å². The van der Waals surface area contributed by atoms with Crippen molar-refractivity contribution in [1.82, 2.24) is 4.90 Å². The SMILES string of the molecule is CCC1CCN(C(=O)c2cccc(F)c2Br)C(C(=O)O)C1. The standard InChI is InChI=1S/C15H17BrFNO3/c1-2-9-6-7-18(12(8-9)15(20)21)14(19)10-4-3-5-11(17)13(10)16/h3-5,9,12H,2,6-8H2,1H3,(H,20,21). The molecule has 0 aliphatic carbocycles. The quantitative estimate of drug-likeness (QED) is 0.902. The predicted octanol–water partition coefficient (Wildman–Crippen LogP) is 3.30. The van der Waals surface area contributed by atoms with Crippen LogP contribution in [0.3, 0.4) is 0 Å². The Labute approximate surface area is 131 Å². The minimum Gasteiger partial charge on any atom is -0.480 e. The zero-order chi connectivity index (χ0) is 15.6.